The third kappa shape index (κ3) is 3.02. The molecular formula is C18H24N4O3S. The Hall–Kier alpha value is -1.90. The van der Waals surface area contributed by atoms with Gasteiger partial charge in [0.2, 0.25) is 0 Å². The number of imidazole rings is 1. The lowest BCUT2D eigenvalue weighted by atomic mass is 10.0. The summed E-state index contributed by atoms with van der Waals surface area (Å²) in [7, 11) is -1.72. The van der Waals surface area contributed by atoms with Crippen molar-refractivity contribution in [2.75, 3.05) is 24.7 Å². The van der Waals surface area contributed by atoms with E-state index in [9.17, 15) is 8.42 Å². The maximum atomic E-state index is 12.8. The summed E-state index contributed by atoms with van der Waals surface area (Å²) in [5.41, 5.74) is 2.40. The zero-order valence-electron chi connectivity index (χ0n) is 15.1. The van der Waals surface area contributed by atoms with Crippen molar-refractivity contribution in [3.63, 3.8) is 0 Å². The highest BCUT2D eigenvalue weighted by Gasteiger charge is 2.34. The maximum absolute atomic E-state index is 12.8. The number of piperidine rings is 1. The summed E-state index contributed by atoms with van der Waals surface area (Å²) >= 11 is 0. The highest BCUT2D eigenvalue weighted by Crippen LogP contribution is 2.31. The van der Waals surface area contributed by atoms with Gasteiger partial charge in [0.15, 0.2) is 5.03 Å². The van der Waals surface area contributed by atoms with Gasteiger partial charge < -0.3 is 14.2 Å². The van der Waals surface area contributed by atoms with Crippen molar-refractivity contribution in [1.29, 1.82) is 0 Å². The second-order valence-corrected chi connectivity index (χ2v) is 8.83. The van der Waals surface area contributed by atoms with Crippen LogP contribution in [-0.2, 0) is 28.4 Å². The Labute approximate surface area is 154 Å². The summed E-state index contributed by atoms with van der Waals surface area (Å²) in [4.78, 5) is 6.47. The SMILES string of the molecule is Cc1nc(S(=O)(=O)N2CCC(N3COCc4ccccc43)CC2)cn1C. The van der Waals surface area contributed by atoms with Gasteiger partial charge in [0, 0.05) is 43.6 Å². The fraction of sp³-hybridized carbons (Fsp3) is 0.500. The maximum Gasteiger partial charge on any atom is 0.262 e. The first-order valence-corrected chi connectivity index (χ1v) is 10.3. The third-order valence-corrected chi connectivity index (χ3v) is 7.11. The summed E-state index contributed by atoms with van der Waals surface area (Å²) in [6.45, 7) is 4.01. The van der Waals surface area contributed by atoms with Crippen LogP contribution in [0.15, 0.2) is 35.5 Å². The minimum atomic E-state index is -3.53. The van der Waals surface area contributed by atoms with E-state index in [1.165, 1.54) is 11.3 Å². The Bertz CT molecular complexity index is 881. The molecule has 0 N–H and O–H groups in total. The number of aryl methyl sites for hydroxylation is 2. The van der Waals surface area contributed by atoms with Gasteiger partial charge in [0.05, 0.1) is 6.61 Å². The van der Waals surface area contributed by atoms with Crippen LogP contribution in [0.4, 0.5) is 5.69 Å². The molecule has 140 valence electrons. The number of hydrogen-bond acceptors (Lipinski definition) is 5. The Morgan fingerprint density at radius 2 is 1.92 bits per heavy atom. The Balaban J connectivity index is 1.48. The summed E-state index contributed by atoms with van der Waals surface area (Å²) < 4.78 is 34.7. The molecule has 0 spiro atoms. The second kappa shape index (κ2) is 6.68. The van der Waals surface area contributed by atoms with Crippen molar-refractivity contribution < 1.29 is 13.2 Å². The van der Waals surface area contributed by atoms with E-state index in [0.29, 0.717) is 32.3 Å². The molecule has 0 saturated carbocycles. The molecule has 0 amide bonds. The van der Waals surface area contributed by atoms with E-state index in [2.05, 4.69) is 22.0 Å². The van der Waals surface area contributed by atoms with Crippen LogP contribution in [0.2, 0.25) is 0 Å². The molecule has 2 aliphatic rings. The normalized spacial score (nSPS) is 19.5. The smallest absolute Gasteiger partial charge is 0.262 e. The molecule has 0 aliphatic carbocycles. The summed E-state index contributed by atoms with van der Waals surface area (Å²) in [6.07, 6.45) is 3.15. The van der Waals surface area contributed by atoms with Gasteiger partial charge in [-0.2, -0.15) is 4.31 Å². The van der Waals surface area contributed by atoms with Crippen molar-refractivity contribution in [1.82, 2.24) is 13.9 Å². The van der Waals surface area contributed by atoms with Gasteiger partial charge in [-0.15, -0.1) is 0 Å². The van der Waals surface area contributed by atoms with Crippen LogP contribution < -0.4 is 4.90 Å². The van der Waals surface area contributed by atoms with Crippen molar-refractivity contribution in [2.24, 2.45) is 7.05 Å². The number of para-hydroxylation sites is 1. The first kappa shape index (κ1) is 17.5. The molecule has 1 aromatic carbocycles. The average molecular weight is 376 g/mol. The number of hydrogen-bond donors (Lipinski definition) is 0. The van der Waals surface area contributed by atoms with Gasteiger partial charge in [-0.25, -0.2) is 13.4 Å². The lowest BCUT2D eigenvalue weighted by molar-refractivity contribution is 0.0987. The standard InChI is InChI=1S/C18H24N4O3S/c1-14-19-18(11-20(14)2)26(23,24)21-9-7-16(8-10-21)22-13-25-12-15-5-3-4-6-17(15)22/h3-6,11,16H,7-10,12-13H2,1-2H3. The van der Waals surface area contributed by atoms with Gasteiger partial charge >= 0.3 is 0 Å². The number of rotatable bonds is 3. The highest BCUT2D eigenvalue weighted by molar-refractivity contribution is 7.89. The Morgan fingerprint density at radius 3 is 2.62 bits per heavy atom. The van der Waals surface area contributed by atoms with Crippen LogP contribution in [0.1, 0.15) is 24.2 Å². The van der Waals surface area contributed by atoms with E-state index in [-0.39, 0.29) is 11.1 Å². The predicted molar refractivity (Wildman–Crippen MR) is 98.3 cm³/mol. The molecule has 1 saturated heterocycles. The minimum absolute atomic E-state index is 0.141. The molecule has 2 aliphatic heterocycles. The van der Waals surface area contributed by atoms with E-state index >= 15 is 0 Å². The van der Waals surface area contributed by atoms with E-state index in [4.69, 9.17) is 4.74 Å². The quantitative estimate of drug-likeness (QED) is 0.818. The molecule has 0 atom stereocenters. The minimum Gasteiger partial charge on any atom is -0.356 e. The van der Waals surface area contributed by atoms with E-state index in [0.717, 1.165) is 12.8 Å². The first-order chi connectivity index (χ1) is 12.5. The lowest BCUT2D eigenvalue weighted by Crippen LogP contribution is -2.48. The number of ether oxygens (including phenoxy) is 1. The van der Waals surface area contributed by atoms with Gasteiger partial charge in [-0.3, -0.25) is 0 Å². The second-order valence-electron chi connectivity index (χ2n) is 6.95. The van der Waals surface area contributed by atoms with E-state index < -0.39 is 10.0 Å². The zero-order chi connectivity index (χ0) is 18.3. The van der Waals surface area contributed by atoms with Crippen LogP contribution in [0.5, 0.6) is 0 Å². The fourth-order valence-corrected chi connectivity index (χ4v) is 5.21. The molecule has 1 aromatic heterocycles. The number of aromatic nitrogens is 2. The van der Waals surface area contributed by atoms with Crippen molar-refractivity contribution >= 4 is 15.7 Å². The molecular weight excluding hydrogens is 352 g/mol. The van der Waals surface area contributed by atoms with E-state index in [1.807, 2.05) is 12.1 Å². The largest absolute Gasteiger partial charge is 0.356 e. The monoisotopic (exact) mass is 376 g/mol. The number of sulfonamides is 1. The van der Waals surface area contributed by atoms with Gasteiger partial charge in [0.25, 0.3) is 10.0 Å². The van der Waals surface area contributed by atoms with Crippen LogP contribution in [-0.4, -0.2) is 48.1 Å². The van der Waals surface area contributed by atoms with Crippen LogP contribution in [0, 0.1) is 6.92 Å². The molecule has 2 aromatic rings. The van der Waals surface area contributed by atoms with Crippen molar-refractivity contribution in [3.8, 4) is 0 Å². The van der Waals surface area contributed by atoms with Gasteiger partial charge in [0.1, 0.15) is 12.6 Å². The predicted octanol–water partition coefficient (Wildman–Crippen LogP) is 1.88. The van der Waals surface area contributed by atoms with Crippen molar-refractivity contribution in [2.45, 2.75) is 37.4 Å². The third-order valence-electron chi connectivity index (χ3n) is 5.34. The molecule has 0 radical (unpaired) electrons. The zero-order valence-corrected chi connectivity index (χ0v) is 15.9. The Morgan fingerprint density at radius 1 is 1.19 bits per heavy atom. The average Bonchev–Trinajstić information content (AvgIpc) is 3.01. The number of benzene rings is 1. The summed E-state index contributed by atoms with van der Waals surface area (Å²) in [5.74, 6) is 0.695. The summed E-state index contributed by atoms with van der Waals surface area (Å²) in [6, 6.07) is 8.56. The number of fused-ring (bicyclic) bond motifs is 1. The molecule has 1 fully saturated rings. The molecule has 26 heavy (non-hydrogen) atoms. The van der Waals surface area contributed by atoms with Gasteiger partial charge in [-0.05, 0) is 25.8 Å². The molecule has 8 heteroatoms. The molecule has 3 heterocycles. The molecule has 4 rings (SSSR count). The van der Waals surface area contributed by atoms with Crippen LogP contribution >= 0.6 is 0 Å². The van der Waals surface area contributed by atoms with Crippen LogP contribution in [0.25, 0.3) is 0 Å². The molecule has 0 unspecified atom stereocenters. The topological polar surface area (TPSA) is 67.7 Å². The first-order valence-electron chi connectivity index (χ1n) is 8.89. The number of anilines is 1. The Kier molecular flexibility index (Phi) is 4.50. The van der Waals surface area contributed by atoms with Crippen LogP contribution in [0.3, 0.4) is 0 Å². The van der Waals surface area contributed by atoms with Crippen molar-refractivity contribution in [3.05, 3.63) is 41.9 Å². The number of nitrogens with zero attached hydrogens (tertiary/aromatic N) is 4. The fourth-order valence-electron chi connectivity index (χ4n) is 3.72. The molecule has 7 nitrogen and oxygen atoms in total. The molecule has 0 bridgehead atoms. The van der Waals surface area contributed by atoms with Gasteiger partial charge in [-0.1, -0.05) is 18.2 Å². The highest BCUT2D eigenvalue weighted by atomic mass is 32.2. The van der Waals surface area contributed by atoms with E-state index in [1.54, 1.807) is 29.0 Å². The lowest BCUT2D eigenvalue weighted by Gasteiger charge is -2.41. The summed E-state index contributed by atoms with van der Waals surface area (Å²) in [5, 5.41) is 0.141.